The predicted molar refractivity (Wildman–Crippen MR) is 113 cm³/mol. The van der Waals surface area contributed by atoms with Crippen LogP contribution in [0.1, 0.15) is 21.5 Å². The summed E-state index contributed by atoms with van der Waals surface area (Å²) in [5, 5.41) is 2.73. The smallest absolute Gasteiger partial charge is 0.263 e. The third-order valence-electron chi connectivity index (χ3n) is 4.21. The summed E-state index contributed by atoms with van der Waals surface area (Å²) in [7, 11) is -4.08. The van der Waals surface area contributed by atoms with Crippen LogP contribution in [0.2, 0.25) is 5.02 Å². The Bertz CT molecular complexity index is 1180. The van der Waals surface area contributed by atoms with E-state index in [1.165, 1.54) is 30.3 Å². The van der Waals surface area contributed by atoms with Crippen LogP contribution in [-0.2, 0) is 10.0 Å². The lowest BCUT2D eigenvalue weighted by molar-refractivity contribution is 0.102. The Labute approximate surface area is 173 Å². The molecule has 0 aromatic heterocycles. The van der Waals surface area contributed by atoms with Gasteiger partial charge < -0.3 is 5.32 Å². The topological polar surface area (TPSA) is 75.3 Å². The van der Waals surface area contributed by atoms with E-state index in [0.717, 1.165) is 23.3 Å². The average molecular weight is 433 g/mol. The fourth-order valence-electron chi connectivity index (χ4n) is 2.73. The highest BCUT2D eigenvalue weighted by Gasteiger charge is 2.21. The maximum Gasteiger partial charge on any atom is 0.263 e. The van der Waals surface area contributed by atoms with E-state index in [0.29, 0.717) is 5.69 Å². The first kappa shape index (κ1) is 20.8. The van der Waals surface area contributed by atoms with Crippen molar-refractivity contribution in [1.82, 2.24) is 0 Å². The number of carbonyl (C=O) groups excluding carboxylic acids is 1. The molecule has 0 bridgehead atoms. The van der Waals surface area contributed by atoms with Crippen LogP contribution < -0.4 is 10.0 Å². The summed E-state index contributed by atoms with van der Waals surface area (Å²) in [5.41, 5.74) is 2.89. The lowest BCUT2D eigenvalue weighted by Crippen LogP contribution is -2.17. The van der Waals surface area contributed by atoms with Crippen LogP contribution in [0, 0.1) is 19.7 Å². The summed E-state index contributed by atoms with van der Waals surface area (Å²) in [4.78, 5) is 12.4. The standard InChI is InChI=1S/C21H18ClFN2O3S/c1-13-3-10-19(14(2)11-13)24-21(26)15-4-9-18(22)20(12-15)29(27,28)25-17-7-5-16(23)6-8-17/h3-12,25H,1-2H3,(H,24,26). The van der Waals surface area contributed by atoms with E-state index in [1.807, 2.05) is 26.0 Å². The van der Waals surface area contributed by atoms with Gasteiger partial charge in [-0.1, -0.05) is 29.3 Å². The fraction of sp³-hybridized carbons (Fsp3) is 0.0952. The molecule has 0 unspecified atom stereocenters. The Morgan fingerprint density at radius 1 is 0.966 bits per heavy atom. The molecule has 8 heteroatoms. The Kier molecular flexibility index (Phi) is 5.91. The first-order chi connectivity index (χ1) is 13.7. The quantitative estimate of drug-likeness (QED) is 0.585. The number of amides is 1. The first-order valence-electron chi connectivity index (χ1n) is 8.62. The molecule has 0 fully saturated rings. The number of carbonyl (C=O) groups is 1. The third kappa shape index (κ3) is 4.93. The molecular weight excluding hydrogens is 415 g/mol. The Balaban J connectivity index is 1.88. The zero-order valence-electron chi connectivity index (χ0n) is 15.7. The van der Waals surface area contributed by atoms with Crippen molar-refractivity contribution in [2.24, 2.45) is 0 Å². The van der Waals surface area contributed by atoms with Crippen LogP contribution in [0.4, 0.5) is 15.8 Å². The van der Waals surface area contributed by atoms with Crippen molar-refractivity contribution in [1.29, 1.82) is 0 Å². The van der Waals surface area contributed by atoms with Crippen molar-refractivity contribution < 1.29 is 17.6 Å². The van der Waals surface area contributed by atoms with Crippen molar-refractivity contribution in [3.63, 3.8) is 0 Å². The number of sulfonamides is 1. The second-order valence-corrected chi connectivity index (χ2v) is 8.59. The molecule has 1 amide bonds. The summed E-state index contributed by atoms with van der Waals surface area (Å²) in [5.74, 6) is -0.956. The van der Waals surface area contributed by atoms with Gasteiger partial charge in [0.15, 0.2) is 0 Å². The molecule has 0 atom stereocenters. The van der Waals surface area contributed by atoms with Crippen molar-refractivity contribution in [3.05, 3.63) is 88.2 Å². The second kappa shape index (κ2) is 8.23. The van der Waals surface area contributed by atoms with Gasteiger partial charge in [-0.2, -0.15) is 0 Å². The molecule has 29 heavy (non-hydrogen) atoms. The van der Waals surface area contributed by atoms with Crippen molar-refractivity contribution >= 4 is 38.9 Å². The molecule has 0 aliphatic heterocycles. The minimum absolute atomic E-state index is 0.0392. The van der Waals surface area contributed by atoms with Gasteiger partial charge in [0.1, 0.15) is 10.7 Å². The van der Waals surface area contributed by atoms with Crippen molar-refractivity contribution in [2.75, 3.05) is 10.0 Å². The lowest BCUT2D eigenvalue weighted by Gasteiger charge is -2.12. The maximum absolute atomic E-state index is 13.0. The molecule has 2 N–H and O–H groups in total. The number of hydrogen-bond donors (Lipinski definition) is 2. The lowest BCUT2D eigenvalue weighted by atomic mass is 10.1. The minimum atomic E-state index is -4.08. The van der Waals surface area contributed by atoms with Gasteiger partial charge in [-0.25, -0.2) is 12.8 Å². The van der Waals surface area contributed by atoms with Gasteiger partial charge in [0.2, 0.25) is 0 Å². The van der Waals surface area contributed by atoms with Gasteiger partial charge in [0, 0.05) is 16.9 Å². The van der Waals surface area contributed by atoms with E-state index < -0.39 is 21.7 Å². The second-order valence-electron chi connectivity index (χ2n) is 6.53. The van der Waals surface area contributed by atoms with Crippen LogP contribution in [-0.4, -0.2) is 14.3 Å². The molecule has 0 aliphatic rings. The molecule has 0 aliphatic carbocycles. The van der Waals surface area contributed by atoms with Crippen LogP contribution in [0.3, 0.4) is 0 Å². The normalized spacial score (nSPS) is 11.2. The SMILES string of the molecule is Cc1ccc(NC(=O)c2ccc(Cl)c(S(=O)(=O)Nc3ccc(F)cc3)c2)c(C)c1. The Morgan fingerprint density at radius 3 is 2.31 bits per heavy atom. The van der Waals surface area contributed by atoms with Gasteiger partial charge >= 0.3 is 0 Å². The number of benzene rings is 3. The van der Waals surface area contributed by atoms with Crippen molar-refractivity contribution in [2.45, 2.75) is 18.7 Å². The van der Waals surface area contributed by atoms with E-state index in [-0.39, 0.29) is 21.2 Å². The van der Waals surface area contributed by atoms with E-state index in [9.17, 15) is 17.6 Å². The third-order valence-corrected chi connectivity index (χ3v) is 6.07. The summed E-state index contributed by atoms with van der Waals surface area (Å²) >= 11 is 6.07. The number of aryl methyl sites for hydroxylation is 2. The molecule has 0 heterocycles. The number of rotatable bonds is 5. The molecule has 0 saturated heterocycles. The molecule has 0 saturated carbocycles. The highest BCUT2D eigenvalue weighted by molar-refractivity contribution is 7.92. The summed E-state index contributed by atoms with van der Waals surface area (Å²) in [6.07, 6.45) is 0. The number of nitrogens with one attached hydrogen (secondary N) is 2. The van der Waals surface area contributed by atoms with Crippen LogP contribution in [0.15, 0.2) is 65.6 Å². The average Bonchev–Trinajstić information content (AvgIpc) is 2.66. The van der Waals surface area contributed by atoms with Gasteiger partial charge in [-0.05, 0) is 67.9 Å². The van der Waals surface area contributed by atoms with E-state index in [2.05, 4.69) is 10.0 Å². The van der Waals surface area contributed by atoms with E-state index >= 15 is 0 Å². The number of halogens is 2. The monoisotopic (exact) mass is 432 g/mol. The number of hydrogen-bond acceptors (Lipinski definition) is 3. The predicted octanol–water partition coefficient (Wildman–Crippen LogP) is 5.15. The van der Waals surface area contributed by atoms with Crippen LogP contribution in [0.5, 0.6) is 0 Å². The summed E-state index contributed by atoms with van der Waals surface area (Å²) < 4.78 is 40.8. The molecule has 5 nitrogen and oxygen atoms in total. The maximum atomic E-state index is 13.0. The first-order valence-corrected chi connectivity index (χ1v) is 10.5. The molecule has 150 valence electrons. The molecular formula is C21H18ClFN2O3S. The van der Waals surface area contributed by atoms with Crippen LogP contribution >= 0.6 is 11.6 Å². The molecule has 0 radical (unpaired) electrons. The highest BCUT2D eigenvalue weighted by Crippen LogP contribution is 2.26. The highest BCUT2D eigenvalue weighted by atomic mass is 35.5. The zero-order valence-corrected chi connectivity index (χ0v) is 17.2. The van der Waals surface area contributed by atoms with Crippen LogP contribution in [0.25, 0.3) is 0 Å². The Hall–Kier alpha value is -2.90. The largest absolute Gasteiger partial charge is 0.322 e. The summed E-state index contributed by atoms with van der Waals surface area (Å²) in [6.45, 7) is 3.82. The van der Waals surface area contributed by atoms with Gasteiger partial charge in [0.05, 0.1) is 5.02 Å². The molecule has 0 spiro atoms. The molecule has 3 rings (SSSR count). The summed E-state index contributed by atoms with van der Waals surface area (Å²) in [6, 6.07) is 14.4. The van der Waals surface area contributed by atoms with Crippen molar-refractivity contribution in [3.8, 4) is 0 Å². The van der Waals surface area contributed by atoms with E-state index in [1.54, 1.807) is 6.07 Å². The van der Waals surface area contributed by atoms with E-state index in [4.69, 9.17) is 11.6 Å². The van der Waals surface area contributed by atoms with Gasteiger partial charge in [-0.3, -0.25) is 9.52 Å². The Morgan fingerprint density at radius 2 is 1.66 bits per heavy atom. The van der Waals surface area contributed by atoms with Gasteiger partial charge in [-0.15, -0.1) is 0 Å². The molecule has 3 aromatic rings. The molecule has 3 aromatic carbocycles. The van der Waals surface area contributed by atoms with Gasteiger partial charge in [0.25, 0.3) is 15.9 Å². The fourth-order valence-corrected chi connectivity index (χ4v) is 4.31. The zero-order chi connectivity index (χ0) is 21.2. The number of anilines is 2. The minimum Gasteiger partial charge on any atom is -0.322 e.